The van der Waals surface area contributed by atoms with Gasteiger partial charge in [-0.1, -0.05) is 12.2 Å². The highest BCUT2D eigenvalue weighted by atomic mass is 16.6. The van der Waals surface area contributed by atoms with Gasteiger partial charge in [-0.05, 0) is 13.8 Å². The lowest BCUT2D eigenvalue weighted by Gasteiger charge is -2.37. The highest BCUT2D eigenvalue weighted by molar-refractivity contribution is 6.12. The summed E-state index contributed by atoms with van der Waals surface area (Å²) in [5.74, 6) is -6.92. The highest BCUT2D eigenvalue weighted by Crippen LogP contribution is 2.66. The molecule has 4 saturated heterocycles. The van der Waals surface area contributed by atoms with Gasteiger partial charge < -0.3 is 19.1 Å². The predicted octanol–water partition coefficient (Wildman–Crippen LogP) is -1.12. The Balaban J connectivity index is 1.75. The Hall–Kier alpha value is -2.75. The minimum atomic E-state index is -1.70. The number of hydrogen-bond acceptors (Lipinski definition) is 8. The quantitative estimate of drug-likeness (QED) is 0.314. The highest BCUT2D eigenvalue weighted by Gasteiger charge is 2.84. The number of nitrogens with zero attached hydrogens (tertiary/aromatic N) is 2. The number of amides is 3. The van der Waals surface area contributed by atoms with E-state index in [9.17, 15) is 24.0 Å². The maximum atomic E-state index is 13.7. The molecule has 160 valence electrons. The van der Waals surface area contributed by atoms with E-state index in [1.807, 2.05) is 0 Å². The second-order valence-electron chi connectivity index (χ2n) is 8.98. The minimum absolute atomic E-state index is 0.484. The first-order valence-corrected chi connectivity index (χ1v) is 9.72. The lowest BCUT2D eigenvalue weighted by molar-refractivity contribution is -0.166. The molecule has 10 nitrogen and oxygen atoms in total. The fraction of sp³-hybridized carbons (Fsp3) is 0.650. The molecule has 3 amide bonds. The molecule has 5 aliphatic heterocycles. The number of likely N-dealkylation sites (tertiary alicyclic amines) is 1. The van der Waals surface area contributed by atoms with Crippen LogP contribution in [-0.2, 0) is 38.2 Å². The van der Waals surface area contributed by atoms with Crippen LogP contribution in [-0.4, -0.2) is 83.5 Å². The van der Waals surface area contributed by atoms with Crippen molar-refractivity contribution in [3.05, 3.63) is 12.2 Å². The summed E-state index contributed by atoms with van der Waals surface area (Å²) in [6.07, 6.45) is 3.41. The van der Waals surface area contributed by atoms with Gasteiger partial charge in [0, 0.05) is 7.05 Å². The van der Waals surface area contributed by atoms with E-state index in [1.165, 1.54) is 33.1 Å². The van der Waals surface area contributed by atoms with Crippen LogP contribution in [0.5, 0.6) is 0 Å². The van der Waals surface area contributed by atoms with Gasteiger partial charge in [0.2, 0.25) is 17.7 Å². The van der Waals surface area contributed by atoms with Crippen LogP contribution >= 0.6 is 0 Å². The van der Waals surface area contributed by atoms with Crippen LogP contribution in [0.4, 0.5) is 0 Å². The first-order valence-electron chi connectivity index (χ1n) is 9.72. The standard InChI is InChI=1S/C20H22N2O8/c1-18-6-7-20(30-18)10(11(18)16(26)28-4)15(25)22-12(20)8-9(14(24)21(3)13(8)23)19(22,2)17(27)29-5/h6-12H,1-5H3/t8-,9-,10+,11-,12+,18+,19-,20+/m0/s1. The van der Waals surface area contributed by atoms with Crippen molar-refractivity contribution in [2.75, 3.05) is 21.3 Å². The second-order valence-corrected chi connectivity index (χ2v) is 8.98. The number of carbonyl (C=O) groups is 5. The molecule has 0 aromatic carbocycles. The van der Waals surface area contributed by atoms with Crippen LogP contribution < -0.4 is 0 Å². The Bertz CT molecular complexity index is 976. The molecular formula is C20H22N2O8. The number of hydrogen-bond donors (Lipinski definition) is 0. The molecule has 0 N–H and O–H groups in total. The third-order valence-corrected chi connectivity index (χ3v) is 7.82. The number of ether oxygens (including phenoxy) is 3. The van der Waals surface area contributed by atoms with Gasteiger partial charge in [-0.15, -0.1) is 0 Å². The summed E-state index contributed by atoms with van der Waals surface area (Å²) in [6, 6.07) is -0.918. The van der Waals surface area contributed by atoms with Gasteiger partial charge >= 0.3 is 11.9 Å². The van der Waals surface area contributed by atoms with Crippen molar-refractivity contribution >= 4 is 29.7 Å². The number of fused-ring (bicyclic) bond motifs is 4. The van der Waals surface area contributed by atoms with Crippen molar-refractivity contribution < 1.29 is 38.2 Å². The Morgan fingerprint density at radius 3 is 2.27 bits per heavy atom. The van der Waals surface area contributed by atoms with E-state index in [0.717, 1.165) is 4.90 Å². The van der Waals surface area contributed by atoms with E-state index in [0.29, 0.717) is 0 Å². The molecule has 0 saturated carbocycles. The van der Waals surface area contributed by atoms with E-state index in [1.54, 1.807) is 19.1 Å². The molecule has 0 aromatic rings. The van der Waals surface area contributed by atoms with Crippen molar-refractivity contribution in [1.82, 2.24) is 9.80 Å². The number of methoxy groups -OCH3 is 2. The third-order valence-electron chi connectivity index (χ3n) is 7.82. The van der Waals surface area contributed by atoms with Gasteiger partial charge in [-0.25, -0.2) is 4.79 Å². The summed E-state index contributed by atoms with van der Waals surface area (Å²) in [7, 11) is 3.76. The van der Waals surface area contributed by atoms with Crippen LogP contribution in [0.1, 0.15) is 13.8 Å². The molecule has 0 radical (unpaired) electrons. The fourth-order valence-electron chi connectivity index (χ4n) is 6.62. The summed E-state index contributed by atoms with van der Waals surface area (Å²) in [5, 5.41) is 0. The van der Waals surface area contributed by atoms with E-state index < -0.39 is 76.1 Å². The Kier molecular flexibility index (Phi) is 3.39. The van der Waals surface area contributed by atoms with Crippen LogP contribution in [0.3, 0.4) is 0 Å². The summed E-state index contributed by atoms with van der Waals surface area (Å²) >= 11 is 0. The molecule has 5 aliphatic rings. The first kappa shape index (κ1) is 19.2. The maximum Gasteiger partial charge on any atom is 0.332 e. The largest absolute Gasteiger partial charge is 0.469 e. The Morgan fingerprint density at radius 1 is 1.00 bits per heavy atom. The zero-order valence-corrected chi connectivity index (χ0v) is 17.2. The molecule has 2 bridgehead atoms. The van der Waals surface area contributed by atoms with Gasteiger partial charge in [0.05, 0.1) is 43.6 Å². The van der Waals surface area contributed by atoms with Crippen LogP contribution in [0, 0.1) is 23.7 Å². The summed E-state index contributed by atoms with van der Waals surface area (Å²) in [6.45, 7) is 3.14. The lowest BCUT2D eigenvalue weighted by Crippen LogP contribution is -2.58. The molecule has 5 heterocycles. The maximum absolute atomic E-state index is 13.7. The average molecular weight is 418 g/mol. The smallest absolute Gasteiger partial charge is 0.332 e. The van der Waals surface area contributed by atoms with Crippen molar-refractivity contribution in [2.24, 2.45) is 23.7 Å². The van der Waals surface area contributed by atoms with Crippen LogP contribution in [0.25, 0.3) is 0 Å². The lowest BCUT2D eigenvalue weighted by atomic mass is 9.67. The normalized spacial score (nSPS) is 47.6. The molecule has 0 unspecified atom stereocenters. The molecule has 10 heteroatoms. The van der Waals surface area contributed by atoms with Gasteiger partial charge in [-0.2, -0.15) is 0 Å². The minimum Gasteiger partial charge on any atom is -0.469 e. The topological polar surface area (TPSA) is 120 Å². The van der Waals surface area contributed by atoms with Gasteiger partial charge in [0.15, 0.2) is 5.54 Å². The molecule has 30 heavy (non-hydrogen) atoms. The Morgan fingerprint density at radius 2 is 1.67 bits per heavy atom. The zero-order chi connectivity index (χ0) is 22.0. The summed E-state index contributed by atoms with van der Waals surface area (Å²) < 4.78 is 16.2. The fourth-order valence-corrected chi connectivity index (χ4v) is 6.62. The van der Waals surface area contributed by atoms with E-state index >= 15 is 0 Å². The number of esters is 2. The average Bonchev–Trinajstić information content (AvgIpc) is 3.42. The molecule has 1 spiro atoms. The molecule has 0 aromatic heterocycles. The van der Waals surface area contributed by atoms with Crippen molar-refractivity contribution in [3.63, 3.8) is 0 Å². The second kappa shape index (κ2) is 5.29. The molecule has 8 atom stereocenters. The SMILES string of the molecule is COC(=O)[C@@H]1[C@@H]2C(=O)N3[C@H]([C@H]4C(=O)N(C)C(=O)[C@H]4[C@@]3(C)C(=O)OC)[C@@]23C=C[C@@]1(C)O3. The predicted molar refractivity (Wildman–Crippen MR) is 96.2 cm³/mol. The van der Waals surface area contributed by atoms with Gasteiger partial charge in [0.1, 0.15) is 11.5 Å². The van der Waals surface area contributed by atoms with Crippen molar-refractivity contribution in [2.45, 2.75) is 36.6 Å². The first-order chi connectivity index (χ1) is 14.0. The van der Waals surface area contributed by atoms with Crippen LogP contribution in [0.2, 0.25) is 0 Å². The molecule has 0 aliphatic carbocycles. The molecule has 5 rings (SSSR count). The van der Waals surface area contributed by atoms with E-state index in [2.05, 4.69) is 0 Å². The monoisotopic (exact) mass is 418 g/mol. The van der Waals surface area contributed by atoms with Gasteiger partial charge in [0.25, 0.3) is 0 Å². The zero-order valence-electron chi connectivity index (χ0n) is 17.2. The van der Waals surface area contributed by atoms with E-state index in [4.69, 9.17) is 14.2 Å². The van der Waals surface area contributed by atoms with Gasteiger partial charge in [-0.3, -0.25) is 24.1 Å². The van der Waals surface area contributed by atoms with Crippen molar-refractivity contribution in [1.29, 1.82) is 0 Å². The number of imide groups is 1. The Labute approximate surface area is 172 Å². The third kappa shape index (κ3) is 1.67. The van der Waals surface area contributed by atoms with E-state index in [-0.39, 0.29) is 0 Å². The molecular weight excluding hydrogens is 396 g/mol. The number of carbonyl (C=O) groups excluding carboxylic acids is 5. The summed E-state index contributed by atoms with van der Waals surface area (Å²) in [4.78, 5) is 67.7. The molecule has 4 fully saturated rings. The summed E-state index contributed by atoms with van der Waals surface area (Å²) in [5.41, 5.74) is -4.11. The number of rotatable bonds is 2. The van der Waals surface area contributed by atoms with Crippen LogP contribution in [0.15, 0.2) is 12.2 Å². The van der Waals surface area contributed by atoms with Crippen molar-refractivity contribution in [3.8, 4) is 0 Å².